The SMILES string of the molecule is COC(=O)C1CCN(CC(=O)NCCN)CC1. The molecule has 1 saturated heterocycles. The van der Waals surface area contributed by atoms with Crippen molar-refractivity contribution in [1.82, 2.24) is 10.2 Å². The van der Waals surface area contributed by atoms with E-state index in [1.54, 1.807) is 0 Å². The minimum atomic E-state index is -0.141. The van der Waals surface area contributed by atoms with Crippen LogP contribution < -0.4 is 11.1 Å². The van der Waals surface area contributed by atoms with E-state index >= 15 is 0 Å². The van der Waals surface area contributed by atoms with Crippen LogP contribution in [-0.2, 0) is 14.3 Å². The predicted molar refractivity (Wildman–Crippen MR) is 63.2 cm³/mol. The van der Waals surface area contributed by atoms with Gasteiger partial charge in [-0.15, -0.1) is 0 Å². The minimum absolute atomic E-state index is 0.00744. The van der Waals surface area contributed by atoms with Gasteiger partial charge in [0.25, 0.3) is 0 Å². The lowest BCUT2D eigenvalue weighted by Crippen LogP contribution is -2.43. The van der Waals surface area contributed by atoms with E-state index < -0.39 is 0 Å². The lowest BCUT2D eigenvalue weighted by atomic mass is 9.97. The number of amides is 1. The van der Waals surface area contributed by atoms with Gasteiger partial charge in [0.05, 0.1) is 19.6 Å². The van der Waals surface area contributed by atoms with E-state index in [1.165, 1.54) is 7.11 Å². The molecule has 1 aliphatic rings. The Balaban J connectivity index is 2.23. The van der Waals surface area contributed by atoms with Crippen molar-refractivity contribution in [3.63, 3.8) is 0 Å². The predicted octanol–water partition coefficient (Wildman–Crippen LogP) is -1.05. The molecule has 0 aromatic rings. The molecule has 1 heterocycles. The molecule has 1 aliphatic heterocycles. The maximum Gasteiger partial charge on any atom is 0.308 e. The van der Waals surface area contributed by atoms with Crippen LogP contribution in [-0.4, -0.2) is 56.6 Å². The highest BCUT2D eigenvalue weighted by molar-refractivity contribution is 5.78. The number of nitrogens with one attached hydrogen (secondary N) is 1. The van der Waals surface area contributed by atoms with Crippen LogP contribution in [0.3, 0.4) is 0 Å². The first-order valence-electron chi connectivity index (χ1n) is 5.94. The first-order chi connectivity index (χ1) is 8.17. The van der Waals surface area contributed by atoms with E-state index in [0.29, 0.717) is 19.6 Å². The standard InChI is InChI=1S/C11H21N3O3/c1-17-11(16)9-2-6-14(7-3-9)8-10(15)13-5-4-12/h9H,2-8,12H2,1H3,(H,13,15). The number of rotatable bonds is 5. The summed E-state index contributed by atoms with van der Waals surface area (Å²) in [5, 5.41) is 2.73. The van der Waals surface area contributed by atoms with Gasteiger partial charge in [-0.2, -0.15) is 0 Å². The largest absolute Gasteiger partial charge is 0.469 e. The number of likely N-dealkylation sites (tertiary alicyclic amines) is 1. The van der Waals surface area contributed by atoms with Gasteiger partial charge in [-0.05, 0) is 25.9 Å². The van der Waals surface area contributed by atoms with Crippen LogP contribution in [0.2, 0.25) is 0 Å². The van der Waals surface area contributed by atoms with Crippen LogP contribution in [0, 0.1) is 5.92 Å². The number of carbonyl (C=O) groups excluding carboxylic acids is 2. The van der Waals surface area contributed by atoms with E-state index in [0.717, 1.165) is 25.9 Å². The first kappa shape index (κ1) is 13.9. The second kappa shape index (κ2) is 7.24. The number of nitrogens with zero attached hydrogens (tertiary/aromatic N) is 1. The fourth-order valence-electron chi connectivity index (χ4n) is 1.96. The molecular weight excluding hydrogens is 222 g/mol. The van der Waals surface area contributed by atoms with Crippen molar-refractivity contribution in [2.24, 2.45) is 11.7 Å². The Kier molecular flexibility index (Phi) is 5.93. The topological polar surface area (TPSA) is 84.7 Å². The molecule has 6 heteroatoms. The Labute approximate surface area is 101 Å². The molecule has 0 unspecified atom stereocenters. The van der Waals surface area contributed by atoms with Gasteiger partial charge in [-0.1, -0.05) is 0 Å². The Bertz CT molecular complexity index is 263. The third-order valence-corrected chi connectivity index (χ3v) is 2.96. The van der Waals surface area contributed by atoms with Crippen molar-refractivity contribution in [1.29, 1.82) is 0 Å². The number of hydrogen-bond acceptors (Lipinski definition) is 5. The van der Waals surface area contributed by atoms with Crippen LogP contribution in [0.1, 0.15) is 12.8 Å². The molecule has 3 N–H and O–H groups in total. The molecule has 0 saturated carbocycles. The molecule has 0 atom stereocenters. The van der Waals surface area contributed by atoms with E-state index in [-0.39, 0.29) is 17.8 Å². The zero-order valence-corrected chi connectivity index (χ0v) is 10.3. The summed E-state index contributed by atoms with van der Waals surface area (Å²) in [6.07, 6.45) is 1.52. The van der Waals surface area contributed by atoms with Crippen LogP contribution in [0.15, 0.2) is 0 Å². The highest BCUT2D eigenvalue weighted by Crippen LogP contribution is 2.17. The fourth-order valence-corrected chi connectivity index (χ4v) is 1.96. The van der Waals surface area contributed by atoms with Crippen LogP contribution in [0.25, 0.3) is 0 Å². The number of hydrogen-bond donors (Lipinski definition) is 2. The number of esters is 1. The second-order valence-electron chi connectivity index (χ2n) is 4.21. The third-order valence-electron chi connectivity index (χ3n) is 2.96. The average Bonchev–Trinajstić information content (AvgIpc) is 2.36. The van der Waals surface area contributed by atoms with Gasteiger partial charge in [-0.25, -0.2) is 0 Å². The Morgan fingerprint density at radius 2 is 2.06 bits per heavy atom. The maximum absolute atomic E-state index is 11.4. The lowest BCUT2D eigenvalue weighted by Gasteiger charge is -2.29. The van der Waals surface area contributed by atoms with Gasteiger partial charge < -0.3 is 15.8 Å². The summed E-state index contributed by atoms with van der Waals surface area (Å²) >= 11 is 0. The highest BCUT2D eigenvalue weighted by Gasteiger charge is 2.26. The van der Waals surface area contributed by atoms with Crippen LogP contribution in [0.5, 0.6) is 0 Å². The van der Waals surface area contributed by atoms with E-state index in [9.17, 15) is 9.59 Å². The van der Waals surface area contributed by atoms with Crippen LogP contribution >= 0.6 is 0 Å². The number of ether oxygens (including phenoxy) is 1. The van der Waals surface area contributed by atoms with Gasteiger partial charge in [0.2, 0.25) is 5.91 Å². The van der Waals surface area contributed by atoms with Gasteiger partial charge in [-0.3, -0.25) is 14.5 Å². The number of carbonyl (C=O) groups is 2. The van der Waals surface area contributed by atoms with Gasteiger partial charge in [0, 0.05) is 13.1 Å². The van der Waals surface area contributed by atoms with Gasteiger partial charge in [0.1, 0.15) is 0 Å². The quantitative estimate of drug-likeness (QED) is 0.602. The summed E-state index contributed by atoms with van der Waals surface area (Å²) in [5.74, 6) is -0.160. The molecule has 0 spiro atoms. The number of piperidine rings is 1. The monoisotopic (exact) mass is 243 g/mol. The molecule has 17 heavy (non-hydrogen) atoms. The molecule has 1 rings (SSSR count). The molecule has 0 radical (unpaired) electrons. The second-order valence-corrected chi connectivity index (χ2v) is 4.21. The Hall–Kier alpha value is -1.14. The summed E-state index contributed by atoms with van der Waals surface area (Å²) in [6.45, 7) is 2.87. The van der Waals surface area contributed by atoms with Gasteiger partial charge in [0.15, 0.2) is 0 Å². The molecular formula is C11H21N3O3. The zero-order chi connectivity index (χ0) is 12.7. The Morgan fingerprint density at radius 1 is 1.41 bits per heavy atom. The van der Waals surface area contributed by atoms with E-state index in [4.69, 9.17) is 10.5 Å². The summed E-state index contributed by atoms with van der Waals surface area (Å²) in [6, 6.07) is 0. The normalized spacial score (nSPS) is 17.8. The van der Waals surface area contributed by atoms with Gasteiger partial charge >= 0.3 is 5.97 Å². The molecule has 0 aromatic carbocycles. The number of methoxy groups -OCH3 is 1. The smallest absolute Gasteiger partial charge is 0.308 e. The fraction of sp³-hybridized carbons (Fsp3) is 0.818. The number of nitrogens with two attached hydrogens (primary N) is 1. The van der Waals surface area contributed by atoms with Crippen molar-refractivity contribution in [3.05, 3.63) is 0 Å². The lowest BCUT2D eigenvalue weighted by molar-refractivity contribution is -0.147. The van der Waals surface area contributed by atoms with E-state index in [2.05, 4.69) is 5.32 Å². The Morgan fingerprint density at radius 3 is 2.59 bits per heavy atom. The minimum Gasteiger partial charge on any atom is -0.469 e. The molecule has 0 aromatic heterocycles. The van der Waals surface area contributed by atoms with Crippen LogP contribution in [0.4, 0.5) is 0 Å². The van der Waals surface area contributed by atoms with Crippen molar-refractivity contribution in [3.8, 4) is 0 Å². The maximum atomic E-state index is 11.4. The molecule has 98 valence electrons. The molecule has 6 nitrogen and oxygen atoms in total. The molecule has 1 fully saturated rings. The zero-order valence-electron chi connectivity index (χ0n) is 10.3. The average molecular weight is 243 g/mol. The van der Waals surface area contributed by atoms with Crippen molar-refractivity contribution in [2.45, 2.75) is 12.8 Å². The first-order valence-corrected chi connectivity index (χ1v) is 5.94. The summed E-state index contributed by atoms with van der Waals surface area (Å²) in [5.41, 5.74) is 5.30. The van der Waals surface area contributed by atoms with Crippen molar-refractivity contribution < 1.29 is 14.3 Å². The highest BCUT2D eigenvalue weighted by atomic mass is 16.5. The third kappa shape index (κ3) is 4.70. The molecule has 0 bridgehead atoms. The summed E-state index contributed by atoms with van der Waals surface area (Å²) in [4.78, 5) is 24.8. The summed E-state index contributed by atoms with van der Waals surface area (Å²) in [7, 11) is 1.41. The van der Waals surface area contributed by atoms with Crippen molar-refractivity contribution in [2.75, 3.05) is 39.8 Å². The van der Waals surface area contributed by atoms with Crippen molar-refractivity contribution >= 4 is 11.9 Å². The molecule has 0 aliphatic carbocycles. The molecule has 1 amide bonds. The summed E-state index contributed by atoms with van der Waals surface area (Å²) < 4.78 is 4.71. The van der Waals surface area contributed by atoms with E-state index in [1.807, 2.05) is 4.90 Å².